The van der Waals surface area contributed by atoms with Crippen LogP contribution in [0.2, 0.25) is 5.02 Å². The first kappa shape index (κ1) is 11.8. The number of imidazole rings is 1. The summed E-state index contributed by atoms with van der Waals surface area (Å²) < 4.78 is 1.93. The number of hydrogen-bond donors (Lipinski definition) is 0. The van der Waals surface area contributed by atoms with E-state index in [2.05, 4.69) is 11.1 Å². The summed E-state index contributed by atoms with van der Waals surface area (Å²) in [5.41, 5.74) is 4.27. The number of halogens is 1. The lowest BCUT2D eigenvalue weighted by molar-refractivity contribution is 1.08. The Hall–Kier alpha value is -2.31. The summed E-state index contributed by atoms with van der Waals surface area (Å²) in [4.78, 5) is 4.56. The van der Waals surface area contributed by atoms with Crippen LogP contribution in [-0.4, -0.2) is 9.38 Å². The average molecular weight is 268 g/mol. The van der Waals surface area contributed by atoms with Gasteiger partial charge in [-0.25, -0.2) is 4.98 Å². The van der Waals surface area contributed by atoms with Gasteiger partial charge in [0.2, 0.25) is 0 Å². The fourth-order valence-corrected chi connectivity index (χ4v) is 2.19. The van der Waals surface area contributed by atoms with Crippen molar-refractivity contribution in [2.75, 3.05) is 0 Å². The third-order valence-electron chi connectivity index (χ3n) is 3.14. The molecule has 0 spiro atoms. The van der Waals surface area contributed by atoms with E-state index < -0.39 is 0 Å². The Morgan fingerprint density at radius 3 is 2.58 bits per heavy atom. The number of aromatic nitrogens is 2. The molecule has 92 valence electrons. The molecule has 0 atom stereocenters. The van der Waals surface area contributed by atoms with E-state index in [1.165, 1.54) is 0 Å². The van der Waals surface area contributed by atoms with Crippen molar-refractivity contribution in [3.63, 3.8) is 0 Å². The summed E-state index contributed by atoms with van der Waals surface area (Å²) in [6, 6.07) is 13.4. The molecule has 2 heterocycles. The van der Waals surface area contributed by atoms with E-state index in [0.717, 1.165) is 22.6 Å². The molecule has 19 heavy (non-hydrogen) atoms. The number of rotatable bonds is 1. The van der Waals surface area contributed by atoms with E-state index in [4.69, 9.17) is 16.9 Å². The molecule has 0 unspecified atom stereocenters. The molecule has 3 nitrogen and oxygen atoms in total. The maximum atomic E-state index is 9.03. The van der Waals surface area contributed by atoms with Gasteiger partial charge in [-0.1, -0.05) is 23.7 Å². The minimum Gasteiger partial charge on any atom is -0.302 e. The molecule has 0 aliphatic rings. The summed E-state index contributed by atoms with van der Waals surface area (Å²) in [5, 5.41) is 9.74. The van der Waals surface area contributed by atoms with Crippen LogP contribution in [0.15, 0.2) is 42.6 Å². The van der Waals surface area contributed by atoms with Crippen LogP contribution in [0.1, 0.15) is 11.3 Å². The van der Waals surface area contributed by atoms with Gasteiger partial charge in [0.05, 0.1) is 11.3 Å². The molecule has 1 aromatic carbocycles. The predicted octanol–water partition coefficient (Wildman–Crippen LogP) is 3.83. The quantitative estimate of drug-likeness (QED) is 0.672. The van der Waals surface area contributed by atoms with E-state index in [9.17, 15) is 0 Å². The highest BCUT2D eigenvalue weighted by molar-refractivity contribution is 6.30. The lowest BCUT2D eigenvalue weighted by Gasteiger charge is -2.00. The second kappa shape index (κ2) is 4.42. The van der Waals surface area contributed by atoms with Crippen LogP contribution in [0.5, 0.6) is 0 Å². The molecule has 0 N–H and O–H groups in total. The standard InChI is InChI=1S/C15H10ClN3/c1-10-12(8-17)4-7-15-18-14(9-19(10)15)11-2-5-13(16)6-3-11/h2-7,9H,1H3. The Bertz CT molecular complexity index is 795. The van der Waals surface area contributed by atoms with E-state index in [0.29, 0.717) is 10.6 Å². The van der Waals surface area contributed by atoms with Crippen LogP contribution >= 0.6 is 11.6 Å². The monoisotopic (exact) mass is 267 g/mol. The second-order valence-electron chi connectivity index (χ2n) is 4.31. The molecule has 0 radical (unpaired) electrons. The maximum absolute atomic E-state index is 9.03. The van der Waals surface area contributed by atoms with Gasteiger partial charge in [-0.15, -0.1) is 0 Å². The van der Waals surface area contributed by atoms with Crippen molar-refractivity contribution in [3.05, 3.63) is 58.9 Å². The summed E-state index contributed by atoms with van der Waals surface area (Å²) in [7, 11) is 0. The molecule has 0 saturated heterocycles. The smallest absolute Gasteiger partial charge is 0.137 e. The minimum atomic E-state index is 0.660. The first-order valence-electron chi connectivity index (χ1n) is 5.84. The first-order chi connectivity index (χ1) is 9.19. The lowest BCUT2D eigenvalue weighted by atomic mass is 10.2. The fraction of sp³-hybridized carbons (Fsp3) is 0.0667. The zero-order valence-corrected chi connectivity index (χ0v) is 11.0. The van der Waals surface area contributed by atoms with Gasteiger partial charge in [0.15, 0.2) is 0 Å². The number of pyridine rings is 1. The molecule has 3 rings (SSSR count). The Kier molecular flexibility index (Phi) is 2.73. The highest BCUT2D eigenvalue weighted by atomic mass is 35.5. The Labute approximate surface area is 115 Å². The molecule has 0 aliphatic carbocycles. The van der Waals surface area contributed by atoms with Crippen LogP contribution in [0.3, 0.4) is 0 Å². The third-order valence-corrected chi connectivity index (χ3v) is 3.40. The molecule has 0 fully saturated rings. The number of aryl methyl sites for hydroxylation is 1. The van der Waals surface area contributed by atoms with Gasteiger partial charge in [-0.2, -0.15) is 5.26 Å². The van der Waals surface area contributed by atoms with Gasteiger partial charge in [0, 0.05) is 22.5 Å². The van der Waals surface area contributed by atoms with Crippen LogP contribution in [0, 0.1) is 18.3 Å². The maximum Gasteiger partial charge on any atom is 0.137 e. The molecule has 0 bridgehead atoms. The van der Waals surface area contributed by atoms with Gasteiger partial charge in [-0.3, -0.25) is 0 Å². The zero-order valence-electron chi connectivity index (χ0n) is 10.3. The van der Waals surface area contributed by atoms with Crippen LogP contribution in [0.25, 0.3) is 16.9 Å². The van der Waals surface area contributed by atoms with Gasteiger partial charge in [0.25, 0.3) is 0 Å². The van der Waals surface area contributed by atoms with Crippen molar-refractivity contribution in [2.45, 2.75) is 6.92 Å². The Morgan fingerprint density at radius 2 is 1.89 bits per heavy atom. The van der Waals surface area contributed by atoms with E-state index in [1.807, 2.05) is 47.9 Å². The minimum absolute atomic E-state index is 0.660. The predicted molar refractivity (Wildman–Crippen MR) is 75.1 cm³/mol. The van der Waals surface area contributed by atoms with Crippen molar-refractivity contribution in [1.29, 1.82) is 5.26 Å². The van der Waals surface area contributed by atoms with Gasteiger partial charge in [-0.05, 0) is 31.2 Å². The van der Waals surface area contributed by atoms with Crippen LogP contribution in [-0.2, 0) is 0 Å². The summed E-state index contributed by atoms with van der Waals surface area (Å²) in [6.07, 6.45) is 1.94. The third kappa shape index (κ3) is 1.96. The average Bonchev–Trinajstić information content (AvgIpc) is 2.85. The molecule has 0 amide bonds. The largest absolute Gasteiger partial charge is 0.302 e. The van der Waals surface area contributed by atoms with Crippen molar-refractivity contribution >= 4 is 17.2 Å². The van der Waals surface area contributed by atoms with Crippen molar-refractivity contribution in [1.82, 2.24) is 9.38 Å². The van der Waals surface area contributed by atoms with E-state index in [-0.39, 0.29) is 0 Å². The van der Waals surface area contributed by atoms with Gasteiger partial charge in [0.1, 0.15) is 11.7 Å². The van der Waals surface area contributed by atoms with Gasteiger partial charge < -0.3 is 4.40 Å². The molecular formula is C15H10ClN3. The highest BCUT2D eigenvalue weighted by Crippen LogP contribution is 2.22. The molecular weight excluding hydrogens is 258 g/mol. The fourth-order valence-electron chi connectivity index (χ4n) is 2.07. The highest BCUT2D eigenvalue weighted by Gasteiger charge is 2.08. The molecule has 0 aliphatic heterocycles. The summed E-state index contributed by atoms with van der Waals surface area (Å²) in [5.74, 6) is 0. The van der Waals surface area contributed by atoms with Gasteiger partial charge >= 0.3 is 0 Å². The summed E-state index contributed by atoms with van der Waals surface area (Å²) in [6.45, 7) is 1.92. The number of fused-ring (bicyclic) bond motifs is 1. The number of benzene rings is 1. The molecule has 0 saturated carbocycles. The number of hydrogen-bond acceptors (Lipinski definition) is 2. The van der Waals surface area contributed by atoms with Crippen LogP contribution in [0.4, 0.5) is 0 Å². The number of nitriles is 1. The molecule has 3 aromatic rings. The molecule has 2 aromatic heterocycles. The SMILES string of the molecule is Cc1c(C#N)ccc2nc(-c3ccc(Cl)cc3)cn12. The van der Waals surface area contributed by atoms with Crippen LogP contribution < -0.4 is 0 Å². The summed E-state index contributed by atoms with van der Waals surface area (Å²) >= 11 is 5.88. The van der Waals surface area contributed by atoms with Crippen molar-refractivity contribution < 1.29 is 0 Å². The van der Waals surface area contributed by atoms with Crippen molar-refractivity contribution in [2.24, 2.45) is 0 Å². The second-order valence-corrected chi connectivity index (χ2v) is 4.74. The topological polar surface area (TPSA) is 41.1 Å². The Morgan fingerprint density at radius 1 is 1.16 bits per heavy atom. The number of nitrogens with zero attached hydrogens (tertiary/aromatic N) is 3. The first-order valence-corrected chi connectivity index (χ1v) is 6.21. The zero-order chi connectivity index (χ0) is 13.4. The normalized spacial score (nSPS) is 10.6. The lowest BCUT2D eigenvalue weighted by Crippen LogP contribution is -1.93. The van der Waals surface area contributed by atoms with Crippen molar-refractivity contribution in [3.8, 4) is 17.3 Å². The van der Waals surface area contributed by atoms with E-state index >= 15 is 0 Å². The Balaban J connectivity index is 2.20. The molecule has 4 heteroatoms. The van der Waals surface area contributed by atoms with E-state index in [1.54, 1.807) is 6.07 Å².